The number of nitrogens with two attached hydrogens (primary N) is 2. The average Bonchev–Trinajstić information content (AvgIpc) is 3.43. The molecule has 0 saturated carbocycles. The summed E-state index contributed by atoms with van der Waals surface area (Å²) in [5.41, 5.74) is 9.42. The molecule has 0 aliphatic carbocycles. The van der Waals surface area contributed by atoms with Crippen LogP contribution in [-0.2, 0) is 10.0 Å². The summed E-state index contributed by atoms with van der Waals surface area (Å²) in [5.74, 6) is 0.691. The lowest BCUT2D eigenvalue weighted by Crippen LogP contribution is -2.14. The fourth-order valence-electron chi connectivity index (χ4n) is 4.10. The third kappa shape index (κ3) is 3.56. The second-order valence-electron chi connectivity index (χ2n) is 8.04. The number of carbonyl (C=O) groups excluding carboxylic acids is 1. The molecule has 0 unspecified atom stereocenters. The molecule has 5 aromatic rings. The number of nitrogens with one attached hydrogen (secondary N) is 1. The Labute approximate surface area is 204 Å². The fourth-order valence-corrected chi connectivity index (χ4v) is 4.62. The van der Waals surface area contributed by atoms with E-state index in [0.717, 1.165) is 0 Å². The molecule has 0 bridgehead atoms. The highest BCUT2D eigenvalue weighted by molar-refractivity contribution is 7.89. The molecule has 5 N–H and O–H groups in total. The molecule has 2 aromatic heterocycles. The van der Waals surface area contributed by atoms with Crippen molar-refractivity contribution in [3.8, 4) is 17.2 Å². The Kier molecular flexibility index (Phi) is 4.81. The molecular formula is C24H18N6O5S. The number of benzene rings is 3. The molecule has 0 atom stereocenters. The molecule has 1 aliphatic heterocycles. The van der Waals surface area contributed by atoms with E-state index in [1.807, 2.05) is 12.1 Å². The predicted molar refractivity (Wildman–Crippen MR) is 133 cm³/mol. The summed E-state index contributed by atoms with van der Waals surface area (Å²) < 4.78 is 35.7. The summed E-state index contributed by atoms with van der Waals surface area (Å²) in [6.07, 6.45) is 0. The number of rotatable bonds is 4. The number of fused-ring (bicyclic) bond motifs is 3. The maximum absolute atomic E-state index is 13.5. The van der Waals surface area contributed by atoms with E-state index in [4.69, 9.17) is 25.3 Å². The number of para-hydroxylation sites is 2. The van der Waals surface area contributed by atoms with E-state index in [2.05, 4.69) is 10.3 Å². The molecule has 0 spiro atoms. The van der Waals surface area contributed by atoms with Gasteiger partial charge in [0, 0.05) is 17.4 Å². The number of primary sulfonamides is 1. The molecule has 0 saturated heterocycles. The third-order valence-corrected chi connectivity index (χ3v) is 6.71. The number of amides is 1. The van der Waals surface area contributed by atoms with Gasteiger partial charge in [-0.15, -0.1) is 0 Å². The summed E-state index contributed by atoms with van der Waals surface area (Å²) in [7, 11) is -3.88. The number of hydrogen-bond acceptors (Lipinski definition) is 8. The molecule has 0 radical (unpaired) electrons. The van der Waals surface area contributed by atoms with Gasteiger partial charge in [-0.2, -0.15) is 0 Å². The van der Waals surface area contributed by atoms with E-state index >= 15 is 0 Å². The molecule has 1 amide bonds. The van der Waals surface area contributed by atoms with Gasteiger partial charge in [0.2, 0.25) is 16.8 Å². The van der Waals surface area contributed by atoms with Crippen molar-refractivity contribution >= 4 is 49.6 Å². The quantitative estimate of drug-likeness (QED) is 0.338. The standard InChI is InChI=1S/C24H18N6O5S/c25-22-20(24(31)27-13-5-10-18-19(11-13)35-12-34-18)21-23(29-17-4-2-1-3-16(17)28-21)30(22)14-6-8-15(9-7-14)36(26,32)33/h1-11H,12,25H2,(H,27,31)(H2,26,32,33). The van der Waals surface area contributed by atoms with Crippen molar-refractivity contribution in [3.63, 3.8) is 0 Å². The summed E-state index contributed by atoms with van der Waals surface area (Å²) in [5, 5.41) is 8.06. The number of carbonyl (C=O) groups is 1. The monoisotopic (exact) mass is 502 g/mol. The van der Waals surface area contributed by atoms with Crippen molar-refractivity contribution in [2.45, 2.75) is 4.90 Å². The first-order valence-electron chi connectivity index (χ1n) is 10.7. The molecule has 6 rings (SSSR count). The summed E-state index contributed by atoms with van der Waals surface area (Å²) in [6.45, 7) is 0.111. The molecule has 12 heteroatoms. The van der Waals surface area contributed by atoms with Crippen LogP contribution in [0.2, 0.25) is 0 Å². The SMILES string of the molecule is Nc1c(C(=O)Nc2ccc3c(c2)OCO3)c2nc3ccccc3nc2n1-c1ccc(S(N)(=O)=O)cc1. The first-order valence-corrected chi connectivity index (χ1v) is 12.2. The second kappa shape index (κ2) is 7.93. The highest BCUT2D eigenvalue weighted by atomic mass is 32.2. The van der Waals surface area contributed by atoms with Crippen molar-refractivity contribution in [1.82, 2.24) is 14.5 Å². The van der Waals surface area contributed by atoms with E-state index in [9.17, 15) is 13.2 Å². The largest absolute Gasteiger partial charge is 0.454 e. The van der Waals surface area contributed by atoms with Crippen molar-refractivity contribution in [2.75, 3.05) is 17.8 Å². The zero-order valence-electron chi connectivity index (χ0n) is 18.5. The van der Waals surface area contributed by atoms with Crippen LogP contribution in [0.1, 0.15) is 10.4 Å². The molecular weight excluding hydrogens is 484 g/mol. The van der Waals surface area contributed by atoms with Crippen LogP contribution < -0.4 is 25.7 Å². The van der Waals surface area contributed by atoms with Crippen LogP contribution in [-0.4, -0.2) is 35.7 Å². The van der Waals surface area contributed by atoms with Gasteiger partial charge in [0.15, 0.2) is 17.1 Å². The second-order valence-corrected chi connectivity index (χ2v) is 9.60. The first kappa shape index (κ1) is 21.8. The minimum absolute atomic E-state index is 0.0569. The molecule has 3 heterocycles. The maximum Gasteiger partial charge on any atom is 0.261 e. The minimum Gasteiger partial charge on any atom is -0.454 e. The predicted octanol–water partition coefficient (Wildman–Crippen LogP) is 2.78. The van der Waals surface area contributed by atoms with Gasteiger partial charge in [0.25, 0.3) is 5.91 Å². The Morgan fingerprint density at radius 3 is 2.36 bits per heavy atom. The molecule has 1 aliphatic rings. The number of ether oxygens (including phenoxy) is 2. The Balaban J connectivity index is 1.52. The van der Waals surface area contributed by atoms with Crippen LogP contribution in [0.5, 0.6) is 11.5 Å². The topological polar surface area (TPSA) is 164 Å². The third-order valence-electron chi connectivity index (χ3n) is 5.78. The lowest BCUT2D eigenvalue weighted by Gasteiger charge is -2.09. The van der Waals surface area contributed by atoms with Crippen LogP contribution in [0.3, 0.4) is 0 Å². The van der Waals surface area contributed by atoms with E-state index in [1.165, 1.54) is 24.3 Å². The van der Waals surface area contributed by atoms with Crippen LogP contribution in [0.25, 0.3) is 27.9 Å². The van der Waals surface area contributed by atoms with Gasteiger partial charge in [-0.25, -0.2) is 23.5 Å². The van der Waals surface area contributed by atoms with Gasteiger partial charge in [0.1, 0.15) is 16.9 Å². The molecule has 3 aromatic carbocycles. The maximum atomic E-state index is 13.5. The highest BCUT2D eigenvalue weighted by Gasteiger charge is 2.26. The van der Waals surface area contributed by atoms with Crippen molar-refractivity contribution in [1.29, 1.82) is 0 Å². The van der Waals surface area contributed by atoms with Gasteiger partial charge in [-0.05, 0) is 48.5 Å². The number of nitrogen functional groups attached to an aromatic ring is 1. The minimum atomic E-state index is -3.88. The molecule has 0 fully saturated rings. The zero-order chi connectivity index (χ0) is 25.0. The van der Waals surface area contributed by atoms with Gasteiger partial charge in [0.05, 0.1) is 15.9 Å². The first-order chi connectivity index (χ1) is 17.3. The van der Waals surface area contributed by atoms with E-state index in [1.54, 1.807) is 34.9 Å². The van der Waals surface area contributed by atoms with Crippen molar-refractivity contribution in [2.24, 2.45) is 5.14 Å². The van der Waals surface area contributed by atoms with Crippen molar-refractivity contribution in [3.05, 3.63) is 72.3 Å². The number of nitrogens with zero attached hydrogens (tertiary/aromatic N) is 3. The van der Waals surface area contributed by atoms with Gasteiger partial charge in [-0.3, -0.25) is 9.36 Å². The summed E-state index contributed by atoms with van der Waals surface area (Å²) in [4.78, 5) is 22.8. The van der Waals surface area contributed by atoms with Crippen LogP contribution in [0.15, 0.2) is 71.6 Å². The Bertz CT molecular complexity index is 1800. The lowest BCUT2D eigenvalue weighted by molar-refractivity contribution is 0.102. The molecule has 11 nitrogen and oxygen atoms in total. The molecule has 180 valence electrons. The number of sulfonamides is 1. The fraction of sp³-hybridized carbons (Fsp3) is 0.0417. The Morgan fingerprint density at radius 2 is 1.64 bits per heavy atom. The van der Waals surface area contributed by atoms with E-state index in [-0.39, 0.29) is 23.1 Å². The molecule has 36 heavy (non-hydrogen) atoms. The number of anilines is 2. The van der Waals surface area contributed by atoms with Crippen molar-refractivity contribution < 1.29 is 22.7 Å². The number of hydrogen-bond donors (Lipinski definition) is 3. The van der Waals surface area contributed by atoms with Crippen LogP contribution in [0, 0.1) is 0 Å². The van der Waals surface area contributed by atoms with Crippen LogP contribution >= 0.6 is 0 Å². The van der Waals surface area contributed by atoms with E-state index in [0.29, 0.717) is 45.1 Å². The number of aromatic nitrogens is 3. The highest BCUT2D eigenvalue weighted by Crippen LogP contribution is 2.35. The van der Waals surface area contributed by atoms with Gasteiger partial charge in [-0.1, -0.05) is 12.1 Å². The Morgan fingerprint density at radius 1 is 0.944 bits per heavy atom. The summed E-state index contributed by atoms with van der Waals surface area (Å²) >= 11 is 0. The summed E-state index contributed by atoms with van der Waals surface area (Å²) in [6, 6.07) is 18.1. The lowest BCUT2D eigenvalue weighted by atomic mass is 10.2. The smallest absolute Gasteiger partial charge is 0.261 e. The zero-order valence-corrected chi connectivity index (χ0v) is 19.3. The van der Waals surface area contributed by atoms with E-state index < -0.39 is 15.9 Å². The average molecular weight is 503 g/mol. The normalized spacial score (nSPS) is 12.8. The Hall–Kier alpha value is -4.68. The van der Waals surface area contributed by atoms with Gasteiger partial charge < -0.3 is 20.5 Å². The van der Waals surface area contributed by atoms with Gasteiger partial charge >= 0.3 is 0 Å². The van der Waals surface area contributed by atoms with Crippen LogP contribution in [0.4, 0.5) is 11.5 Å².